The molecule has 0 amide bonds. The van der Waals surface area contributed by atoms with Crippen LogP contribution < -0.4 is 5.32 Å². The van der Waals surface area contributed by atoms with Gasteiger partial charge in [-0.3, -0.25) is 4.68 Å². The molecular formula is C14H25ClN4. The van der Waals surface area contributed by atoms with E-state index in [-0.39, 0.29) is 0 Å². The van der Waals surface area contributed by atoms with Crippen molar-refractivity contribution in [3.05, 3.63) is 16.4 Å². The lowest BCUT2D eigenvalue weighted by molar-refractivity contribution is 0.215. The van der Waals surface area contributed by atoms with E-state index in [0.717, 1.165) is 42.0 Å². The van der Waals surface area contributed by atoms with Crippen LogP contribution in [0.2, 0.25) is 5.02 Å². The molecule has 2 rings (SSSR count). The van der Waals surface area contributed by atoms with Gasteiger partial charge in [0, 0.05) is 13.1 Å². The lowest BCUT2D eigenvalue weighted by Gasteiger charge is -2.29. The van der Waals surface area contributed by atoms with E-state index in [1.807, 2.05) is 11.6 Å². The molecule has 0 aromatic carbocycles. The highest BCUT2D eigenvalue weighted by molar-refractivity contribution is 6.31. The van der Waals surface area contributed by atoms with Crippen molar-refractivity contribution >= 4 is 11.6 Å². The van der Waals surface area contributed by atoms with E-state index in [4.69, 9.17) is 11.6 Å². The molecule has 1 aliphatic heterocycles. The first kappa shape index (κ1) is 14.8. The van der Waals surface area contributed by atoms with Crippen LogP contribution in [0.4, 0.5) is 0 Å². The van der Waals surface area contributed by atoms with Crippen molar-refractivity contribution in [3.63, 3.8) is 0 Å². The van der Waals surface area contributed by atoms with E-state index < -0.39 is 0 Å². The molecule has 4 nitrogen and oxygen atoms in total. The molecule has 1 N–H and O–H groups in total. The molecule has 2 heterocycles. The summed E-state index contributed by atoms with van der Waals surface area (Å²) in [6.07, 6.45) is 2.59. The number of piperidine rings is 1. The van der Waals surface area contributed by atoms with Gasteiger partial charge in [-0.05, 0) is 59.3 Å². The second kappa shape index (κ2) is 6.73. The summed E-state index contributed by atoms with van der Waals surface area (Å²) in [6.45, 7) is 9.28. The first-order chi connectivity index (χ1) is 9.11. The molecule has 0 bridgehead atoms. The molecule has 0 unspecified atom stereocenters. The number of halogens is 1. The van der Waals surface area contributed by atoms with Crippen LogP contribution in [-0.4, -0.2) is 41.4 Å². The van der Waals surface area contributed by atoms with Crippen LogP contribution in [0.5, 0.6) is 0 Å². The molecule has 1 aromatic rings. The number of rotatable bonds is 5. The van der Waals surface area contributed by atoms with Crippen molar-refractivity contribution in [1.29, 1.82) is 0 Å². The van der Waals surface area contributed by atoms with Gasteiger partial charge in [0.1, 0.15) is 0 Å². The fourth-order valence-electron chi connectivity index (χ4n) is 2.70. The first-order valence-corrected chi connectivity index (χ1v) is 7.60. The first-order valence-electron chi connectivity index (χ1n) is 7.22. The van der Waals surface area contributed by atoms with E-state index in [9.17, 15) is 0 Å². The van der Waals surface area contributed by atoms with Crippen molar-refractivity contribution < 1.29 is 0 Å². The maximum absolute atomic E-state index is 6.30. The minimum atomic E-state index is 0.800. The summed E-state index contributed by atoms with van der Waals surface area (Å²) >= 11 is 6.30. The fourth-order valence-corrected chi connectivity index (χ4v) is 2.90. The Morgan fingerprint density at radius 1 is 1.37 bits per heavy atom. The van der Waals surface area contributed by atoms with Gasteiger partial charge in [-0.15, -0.1) is 0 Å². The molecule has 0 radical (unpaired) electrons. The Bertz CT molecular complexity index is 408. The number of hydrogen-bond donors (Lipinski definition) is 1. The molecule has 0 spiro atoms. The number of aromatic nitrogens is 2. The molecule has 1 fully saturated rings. The van der Waals surface area contributed by atoms with E-state index in [0.29, 0.717) is 0 Å². The van der Waals surface area contributed by atoms with Crippen molar-refractivity contribution in [2.24, 2.45) is 5.92 Å². The summed E-state index contributed by atoms with van der Waals surface area (Å²) in [6, 6.07) is 0. The van der Waals surface area contributed by atoms with Gasteiger partial charge < -0.3 is 10.2 Å². The quantitative estimate of drug-likeness (QED) is 0.901. The Morgan fingerprint density at radius 2 is 2.05 bits per heavy atom. The second-order valence-corrected chi connectivity index (χ2v) is 5.92. The summed E-state index contributed by atoms with van der Waals surface area (Å²) in [5.41, 5.74) is 2.05. The molecule has 0 aliphatic carbocycles. The van der Waals surface area contributed by atoms with Gasteiger partial charge in [0.25, 0.3) is 0 Å². The molecule has 1 saturated heterocycles. The van der Waals surface area contributed by atoms with Crippen LogP contribution in [0, 0.1) is 12.8 Å². The predicted molar refractivity (Wildman–Crippen MR) is 79.6 cm³/mol. The molecule has 19 heavy (non-hydrogen) atoms. The normalized spacial score (nSPS) is 18.1. The molecule has 108 valence electrons. The summed E-state index contributed by atoms with van der Waals surface area (Å²) < 4.78 is 2.00. The Hall–Kier alpha value is -0.580. The van der Waals surface area contributed by atoms with Crippen molar-refractivity contribution in [1.82, 2.24) is 20.0 Å². The topological polar surface area (TPSA) is 33.1 Å². The van der Waals surface area contributed by atoms with Gasteiger partial charge in [-0.25, -0.2) is 0 Å². The van der Waals surface area contributed by atoms with Crippen molar-refractivity contribution in [3.8, 4) is 0 Å². The van der Waals surface area contributed by atoms with Gasteiger partial charge in [-0.2, -0.15) is 5.10 Å². The summed E-state index contributed by atoms with van der Waals surface area (Å²) in [5.74, 6) is 0.800. The van der Waals surface area contributed by atoms with Crippen LogP contribution in [0.15, 0.2) is 0 Å². The molecule has 1 aliphatic rings. The van der Waals surface area contributed by atoms with Crippen molar-refractivity contribution in [2.45, 2.75) is 39.8 Å². The van der Waals surface area contributed by atoms with E-state index in [1.54, 1.807) is 0 Å². The van der Waals surface area contributed by atoms with Gasteiger partial charge in [-0.1, -0.05) is 11.6 Å². The number of nitrogens with zero attached hydrogens (tertiary/aromatic N) is 3. The zero-order chi connectivity index (χ0) is 13.8. The van der Waals surface area contributed by atoms with Crippen molar-refractivity contribution in [2.75, 3.05) is 26.7 Å². The van der Waals surface area contributed by atoms with E-state index in [1.165, 1.54) is 25.9 Å². The lowest BCUT2D eigenvalue weighted by Crippen LogP contribution is -2.35. The third-order valence-electron chi connectivity index (χ3n) is 4.02. The number of hydrogen-bond acceptors (Lipinski definition) is 3. The highest BCUT2D eigenvalue weighted by atomic mass is 35.5. The highest BCUT2D eigenvalue weighted by Crippen LogP contribution is 2.20. The van der Waals surface area contributed by atoms with Gasteiger partial charge in [0.15, 0.2) is 0 Å². The smallest absolute Gasteiger partial charge is 0.0860 e. The second-order valence-electron chi connectivity index (χ2n) is 5.54. The van der Waals surface area contributed by atoms with Crippen LogP contribution in [0.25, 0.3) is 0 Å². The maximum atomic E-state index is 6.30. The third-order valence-corrected chi connectivity index (χ3v) is 4.51. The number of aryl methyl sites for hydroxylation is 2. The summed E-state index contributed by atoms with van der Waals surface area (Å²) in [7, 11) is 2.20. The standard InChI is InChI=1S/C14H25ClN4/c1-4-19-13(14(15)11(2)17-19)10-16-9-12-5-7-18(3)8-6-12/h12,16H,4-10H2,1-3H3. The monoisotopic (exact) mass is 284 g/mol. The Morgan fingerprint density at radius 3 is 2.68 bits per heavy atom. The van der Waals surface area contributed by atoms with Crippen LogP contribution >= 0.6 is 11.6 Å². The van der Waals surface area contributed by atoms with Crippen LogP contribution in [0.3, 0.4) is 0 Å². The van der Waals surface area contributed by atoms with Crippen LogP contribution in [-0.2, 0) is 13.1 Å². The molecule has 0 atom stereocenters. The van der Waals surface area contributed by atoms with Gasteiger partial charge >= 0.3 is 0 Å². The fraction of sp³-hybridized carbons (Fsp3) is 0.786. The van der Waals surface area contributed by atoms with Crippen LogP contribution in [0.1, 0.15) is 31.2 Å². The SMILES string of the molecule is CCn1nc(C)c(Cl)c1CNCC1CCN(C)CC1. The third kappa shape index (κ3) is 3.71. The molecular weight excluding hydrogens is 260 g/mol. The summed E-state index contributed by atoms with van der Waals surface area (Å²) in [5, 5.41) is 8.81. The average molecular weight is 285 g/mol. The van der Waals surface area contributed by atoms with E-state index >= 15 is 0 Å². The minimum absolute atomic E-state index is 0.800. The molecule has 0 saturated carbocycles. The van der Waals surface area contributed by atoms with Gasteiger partial charge in [0.05, 0.1) is 16.4 Å². The number of likely N-dealkylation sites (tertiary alicyclic amines) is 1. The maximum Gasteiger partial charge on any atom is 0.0860 e. The molecule has 1 aromatic heterocycles. The predicted octanol–water partition coefficient (Wildman–Crippen LogP) is 2.30. The lowest BCUT2D eigenvalue weighted by atomic mass is 9.97. The Balaban J connectivity index is 1.82. The summed E-state index contributed by atoms with van der Waals surface area (Å²) in [4.78, 5) is 2.41. The molecule has 5 heteroatoms. The van der Waals surface area contributed by atoms with Gasteiger partial charge in [0.2, 0.25) is 0 Å². The zero-order valence-electron chi connectivity index (χ0n) is 12.2. The zero-order valence-corrected chi connectivity index (χ0v) is 13.0. The largest absolute Gasteiger partial charge is 0.311 e. The average Bonchev–Trinajstić information content (AvgIpc) is 2.68. The Kier molecular flexibility index (Phi) is 5.25. The Labute approximate surface area is 121 Å². The minimum Gasteiger partial charge on any atom is -0.311 e. The highest BCUT2D eigenvalue weighted by Gasteiger charge is 2.17. The number of nitrogens with one attached hydrogen (secondary N) is 1. The van der Waals surface area contributed by atoms with E-state index in [2.05, 4.69) is 29.3 Å².